The van der Waals surface area contributed by atoms with Gasteiger partial charge in [-0.2, -0.15) is 0 Å². The lowest BCUT2D eigenvalue weighted by atomic mass is 10.0. The van der Waals surface area contributed by atoms with Crippen LogP contribution in [-0.2, 0) is 9.53 Å². The van der Waals surface area contributed by atoms with Crippen molar-refractivity contribution in [1.82, 2.24) is 4.57 Å². The van der Waals surface area contributed by atoms with E-state index in [9.17, 15) is 19.7 Å². The van der Waals surface area contributed by atoms with Gasteiger partial charge in [0.15, 0.2) is 4.80 Å². The Morgan fingerprint density at radius 1 is 1.18 bits per heavy atom. The Hall–Kier alpha value is -5.00. The number of rotatable bonds is 7. The van der Waals surface area contributed by atoms with Crippen LogP contribution < -0.4 is 19.6 Å². The number of carbonyl (C=O) groups excluding carboxylic acids is 1. The molecule has 0 aliphatic carbocycles. The van der Waals surface area contributed by atoms with Crippen LogP contribution in [0.5, 0.6) is 5.75 Å². The molecular weight excluding hydrogens is 606 g/mol. The van der Waals surface area contributed by atoms with E-state index in [1.807, 2.05) is 36.4 Å². The largest absolute Gasteiger partial charge is 0.496 e. The number of carbonyl (C=O) groups is 1. The summed E-state index contributed by atoms with van der Waals surface area (Å²) in [6.45, 7) is 3.47. The van der Waals surface area contributed by atoms with Crippen molar-refractivity contribution in [3.8, 4) is 17.1 Å². The molecule has 3 aromatic carbocycles. The summed E-state index contributed by atoms with van der Waals surface area (Å²) >= 11 is 7.55. The van der Waals surface area contributed by atoms with Crippen molar-refractivity contribution in [1.29, 1.82) is 0 Å². The zero-order chi connectivity index (χ0) is 31.1. The summed E-state index contributed by atoms with van der Waals surface area (Å²) in [5.41, 5.74) is 0.974. The predicted molar refractivity (Wildman–Crippen MR) is 167 cm³/mol. The highest BCUT2D eigenvalue weighted by molar-refractivity contribution is 7.07. The van der Waals surface area contributed by atoms with E-state index in [1.165, 1.54) is 34.1 Å². The second-order valence-corrected chi connectivity index (χ2v) is 11.2. The number of nitro groups is 1. The molecule has 0 radical (unpaired) electrons. The molecule has 0 fully saturated rings. The maximum atomic E-state index is 14.1. The molecule has 10 nitrogen and oxygen atoms in total. The predicted octanol–water partition coefficient (Wildman–Crippen LogP) is 5.78. The standard InChI is InChI=1S/C32H24ClN3O7S/c1-4-42-31(38)28-17(2)34-32-35(29(28)26-14-13-25(43-26)22-15-19(36(39)40)10-11-23(22)33)30(37)27(44-32)16-21-20-8-6-5-7-18(20)9-12-24(21)41-3/h5-16,29H,4H2,1-3H3/b27-16-/t29-/m0/s1. The zero-order valence-electron chi connectivity index (χ0n) is 23.7. The molecule has 1 atom stereocenters. The first-order valence-corrected chi connectivity index (χ1v) is 14.7. The minimum atomic E-state index is -1.02. The molecule has 1 aliphatic heterocycles. The highest BCUT2D eigenvalue weighted by Crippen LogP contribution is 2.37. The number of ether oxygens (including phenoxy) is 2. The van der Waals surface area contributed by atoms with Crippen molar-refractivity contribution >= 4 is 51.4 Å². The molecule has 12 heteroatoms. The second kappa shape index (κ2) is 11.6. The normalized spacial score (nSPS) is 14.8. The van der Waals surface area contributed by atoms with E-state index in [4.69, 9.17) is 25.5 Å². The number of benzene rings is 3. The minimum Gasteiger partial charge on any atom is -0.496 e. The molecule has 0 bridgehead atoms. The van der Waals surface area contributed by atoms with Crippen LogP contribution in [0, 0.1) is 10.1 Å². The number of hydrogen-bond acceptors (Lipinski definition) is 9. The number of fused-ring (bicyclic) bond motifs is 2. The quantitative estimate of drug-likeness (QED) is 0.127. The van der Waals surface area contributed by atoms with Crippen molar-refractivity contribution in [3.63, 3.8) is 0 Å². The molecule has 0 saturated heterocycles. The zero-order valence-corrected chi connectivity index (χ0v) is 25.3. The fourth-order valence-corrected chi connectivity index (χ4v) is 6.49. The van der Waals surface area contributed by atoms with Crippen LogP contribution in [0.3, 0.4) is 0 Å². The molecular formula is C32H24ClN3O7S. The van der Waals surface area contributed by atoms with Crippen molar-refractivity contribution in [2.75, 3.05) is 13.7 Å². The van der Waals surface area contributed by atoms with Crippen LogP contribution in [0.15, 0.2) is 92.2 Å². The molecule has 0 saturated carbocycles. The fraction of sp³-hybridized carbons (Fsp3) is 0.156. The van der Waals surface area contributed by atoms with Gasteiger partial charge in [-0.1, -0.05) is 53.3 Å². The van der Waals surface area contributed by atoms with E-state index in [0.29, 0.717) is 26.3 Å². The number of allylic oxidation sites excluding steroid dienone is 1. The Kier molecular flexibility index (Phi) is 7.66. The van der Waals surface area contributed by atoms with Gasteiger partial charge in [0.2, 0.25) is 0 Å². The molecule has 5 aromatic rings. The van der Waals surface area contributed by atoms with E-state index in [0.717, 1.165) is 16.3 Å². The van der Waals surface area contributed by atoms with Gasteiger partial charge in [0.25, 0.3) is 11.2 Å². The van der Waals surface area contributed by atoms with Gasteiger partial charge >= 0.3 is 5.97 Å². The van der Waals surface area contributed by atoms with Gasteiger partial charge < -0.3 is 13.9 Å². The Morgan fingerprint density at radius 3 is 2.73 bits per heavy atom. The summed E-state index contributed by atoms with van der Waals surface area (Å²) in [4.78, 5) is 43.3. The fourth-order valence-electron chi connectivity index (χ4n) is 5.25. The Labute approximate surface area is 258 Å². The highest BCUT2D eigenvalue weighted by Gasteiger charge is 2.35. The van der Waals surface area contributed by atoms with Crippen LogP contribution in [0.25, 0.3) is 28.2 Å². The molecule has 222 valence electrons. The summed E-state index contributed by atoms with van der Waals surface area (Å²) in [7, 11) is 1.57. The van der Waals surface area contributed by atoms with E-state index in [-0.39, 0.29) is 34.4 Å². The first-order chi connectivity index (χ1) is 21.2. The van der Waals surface area contributed by atoms with Crippen LogP contribution in [-0.4, -0.2) is 29.2 Å². The van der Waals surface area contributed by atoms with Crippen molar-refractivity contribution in [3.05, 3.63) is 124 Å². The monoisotopic (exact) mass is 629 g/mol. The number of nitrogens with zero attached hydrogens (tertiary/aromatic N) is 3. The van der Waals surface area contributed by atoms with Gasteiger partial charge in [0.05, 0.1) is 39.5 Å². The number of aromatic nitrogens is 1. The number of furan rings is 1. The summed E-state index contributed by atoms with van der Waals surface area (Å²) in [5, 5.41) is 13.5. The van der Waals surface area contributed by atoms with Gasteiger partial charge in [0.1, 0.15) is 23.3 Å². The molecule has 0 amide bonds. The SMILES string of the molecule is CCOC(=O)C1=C(C)N=c2s/c(=C\c3c(OC)ccc4ccccc34)c(=O)n2[C@H]1c1ccc(-c2cc([N+](=O)[O-])ccc2Cl)o1. The number of thiazole rings is 1. The van der Waals surface area contributed by atoms with Gasteiger partial charge in [0, 0.05) is 23.3 Å². The van der Waals surface area contributed by atoms with Crippen LogP contribution in [0.1, 0.15) is 31.2 Å². The molecule has 3 heterocycles. The summed E-state index contributed by atoms with van der Waals surface area (Å²) in [5.74, 6) is 0.415. The molecule has 6 rings (SSSR count). The van der Waals surface area contributed by atoms with Gasteiger partial charge in [-0.3, -0.25) is 19.5 Å². The van der Waals surface area contributed by atoms with Crippen molar-refractivity contribution in [2.24, 2.45) is 4.99 Å². The molecule has 44 heavy (non-hydrogen) atoms. The Balaban J connectivity index is 1.56. The molecule has 0 N–H and O–H groups in total. The molecule has 0 unspecified atom stereocenters. The maximum absolute atomic E-state index is 14.1. The highest BCUT2D eigenvalue weighted by atomic mass is 35.5. The van der Waals surface area contributed by atoms with Crippen LogP contribution >= 0.6 is 22.9 Å². The number of esters is 1. The van der Waals surface area contributed by atoms with Crippen LogP contribution in [0.2, 0.25) is 5.02 Å². The van der Waals surface area contributed by atoms with E-state index < -0.39 is 22.5 Å². The van der Waals surface area contributed by atoms with Crippen LogP contribution in [0.4, 0.5) is 5.69 Å². The number of halogens is 1. The third-order valence-electron chi connectivity index (χ3n) is 7.27. The van der Waals surface area contributed by atoms with Crippen molar-refractivity contribution < 1.29 is 23.6 Å². The first kappa shape index (κ1) is 29.1. The lowest BCUT2D eigenvalue weighted by Gasteiger charge is -2.22. The summed E-state index contributed by atoms with van der Waals surface area (Å²) in [6, 6.07) is 17.8. The average Bonchev–Trinajstić information content (AvgIpc) is 3.61. The third kappa shape index (κ3) is 4.99. The minimum absolute atomic E-state index is 0.111. The Morgan fingerprint density at radius 2 is 1.98 bits per heavy atom. The number of hydrogen-bond donors (Lipinski definition) is 0. The van der Waals surface area contributed by atoms with E-state index in [1.54, 1.807) is 39.2 Å². The third-order valence-corrected chi connectivity index (χ3v) is 8.58. The van der Waals surface area contributed by atoms with E-state index in [2.05, 4.69) is 4.99 Å². The van der Waals surface area contributed by atoms with Gasteiger partial charge in [-0.25, -0.2) is 9.79 Å². The average molecular weight is 630 g/mol. The lowest BCUT2D eigenvalue weighted by molar-refractivity contribution is -0.384. The smallest absolute Gasteiger partial charge is 0.338 e. The molecule has 0 spiro atoms. The lowest BCUT2D eigenvalue weighted by Crippen LogP contribution is -2.39. The molecule has 1 aliphatic rings. The summed E-state index contributed by atoms with van der Waals surface area (Å²) < 4.78 is 19.0. The number of methoxy groups -OCH3 is 1. The van der Waals surface area contributed by atoms with Crippen molar-refractivity contribution in [2.45, 2.75) is 19.9 Å². The molecule has 2 aromatic heterocycles. The summed E-state index contributed by atoms with van der Waals surface area (Å²) in [6.07, 6.45) is 1.77. The number of non-ortho nitro benzene ring substituents is 1. The Bertz CT molecular complexity index is 2200. The second-order valence-electron chi connectivity index (χ2n) is 9.83. The van der Waals surface area contributed by atoms with E-state index >= 15 is 0 Å². The maximum Gasteiger partial charge on any atom is 0.338 e. The van der Waals surface area contributed by atoms with Gasteiger partial charge in [-0.05, 0) is 55.0 Å². The topological polar surface area (TPSA) is 126 Å². The van der Waals surface area contributed by atoms with Gasteiger partial charge in [-0.15, -0.1) is 0 Å². The number of nitro benzene ring substituents is 1. The first-order valence-electron chi connectivity index (χ1n) is 13.5.